The Balaban J connectivity index is 1.86. The molecule has 9 heteroatoms. The van der Waals surface area contributed by atoms with E-state index < -0.39 is 12.1 Å². The molecule has 1 aromatic carbocycles. The normalized spacial score (nSPS) is 13.1. The van der Waals surface area contributed by atoms with Crippen LogP contribution in [0.5, 0.6) is 0 Å². The number of aromatic nitrogens is 1. The van der Waals surface area contributed by atoms with E-state index in [4.69, 9.17) is 11.5 Å². The van der Waals surface area contributed by atoms with Gasteiger partial charge in [0.15, 0.2) is 0 Å². The number of hydrogen-bond acceptors (Lipinski definition) is 6. The summed E-state index contributed by atoms with van der Waals surface area (Å²) in [6.07, 6.45) is 1.02. The van der Waals surface area contributed by atoms with Crippen LogP contribution in [0, 0.1) is 0 Å². The van der Waals surface area contributed by atoms with Crippen LogP contribution in [0.15, 0.2) is 34.8 Å². The van der Waals surface area contributed by atoms with Crippen molar-refractivity contribution in [2.75, 3.05) is 18.6 Å². The Labute approximate surface area is 166 Å². The van der Waals surface area contributed by atoms with Gasteiger partial charge >= 0.3 is 0 Å². The highest BCUT2D eigenvalue weighted by Gasteiger charge is 2.16. The molecule has 0 aliphatic carbocycles. The summed E-state index contributed by atoms with van der Waals surface area (Å²) in [5, 5.41) is 5.24. The van der Waals surface area contributed by atoms with E-state index in [1.165, 1.54) is 0 Å². The van der Waals surface area contributed by atoms with Gasteiger partial charge in [-0.15, -0.1) is 0 Å². The van der Waals surface area contributed by atoms with Crippen LogP contribution in [0.4, 0.5) is 5.82 Å². The van der Waals surface area contributed by atoms with Gasteiger partial charge in [0, 0.05) is 23.5 Å². The van der Waals surface area contributed by atoms with E-state index in [0.717, 1.165) is 15.4 Å². The number of halogens is 1. The Morgan fingerprint density at radius 3 is 2.63 bits per heavy atom. The second-order valence-electron chi connectivity index (χ2n) is 6.37. The lowest BCUT2D eigenvalue weighted by molar-refractivity contribution is -0.122. The standard InChI is InChI=1S/C18H25BrN6O2/c1-11(20)17(26)22-9-3-4-14(21)18(27)24-25(2)16-8-6-12-5-7-13(19)10-15(12)23-16/h5-8,10-11,14H,3-4,9,20-21H2,1-2H3,(H,22,26)(H,24,27)/t11-,14-/m0/s1. The molecule has 1 heterocycles. The summed E-state index contributed by atoms with van der Waals surface area (Å²) in [5.41, 5.74) is 14.9. The number of carbonyl (C=O) groups excluding carboxylic acids is 2. The zero-order valence-electron chi connectivity index (χ0n) is 15.4. The second kappa shape index (κ2) is 9.63. The third kappa shape index (κ3) is 6.16. The molecule has 27 heavy (non-hydrogen) atoms. The summed E-state index contributed by atoms with van der Waals surface area (Å²) >= 11 is 3.43. The molecule has 0 saturated heterocycles. The number of hydrazine groups is 1. The van der Waals surface area contributed by atoms with Crippen LogP contribution in [0.3, 0.4) is 0 Å². The lowest BCUT2D eigenvalue weighted by Gasteiger charge is -2.22. The van der Waals surface area contributed by atoms with Crippen LogP contribution in [0.1, 0.15) is 19.8 Å². The maximum atomic E-state index is 12.3. The zero-order valence-corrected chi connectivity index (χ0v) is 17.0. The summed E-state index contributed by atoms with van der Waals surface area (Å²) in [5.74, 6) is 0.0688. The van der Waals surface area contributed by atoms with Crippen LogP contribution in [0.25, 0.3) is 10.9 Å². The molecule has 0 aliphatic heterocycles. The van der Waals surface area contributed by atoms with Crippen LogP contribution in [-0.4, -0.2) is 42.5 Å². The molecule has 0 saturated carbocycles. The Morgan fingerprint density at radius 1 is 1.22 bits per heavy atom. The maximum Gasteiger partial charge on any atom is 0.255 e. The van der Waals surface area contributed by atoms with E-state index in [0.29, 0.717) is 25.2 Å². The third-order valence-electron chi connectivity index (χ3n) is 4.00. The van der Waals surface area contributed by atoms with Gasteiger partial charge in [-0.25, -0.2) is 4.98 Å². The number of hydrogen-bond donors (Lipinski definition) is 4. The van der Waals surface area contributed by atoms with Gasteiger partial charge in [0.25, 0.3) is 5.91 Å². The topological polar surface area (TPSA) is 126 Å². The number of nitrogens with zero attached hydrogens (tertiary/aromatic N) is 2. The maximum absolute atomic E-state index is 12.3. The highest BCUT2D eigenvalue weighted by atomic mass is 79.9. The lowest BCUT2D eigenvalue weighted by Crippen LogP contribution is -2.48. The van der Waals surface area contributed by atoms with Crippen molar-refractivity contribution in [3.63, 3.8) is 0 Å². The van der Waals surface area contributed by atoms with E-state index >= 15 is 0 Å². The van der Waals surface area contributed by atoms with Crippen molar-refractivity contribution in [3.8, 4) is 0 Å². The van der Waals surface area contributed by atoms with Crippen LogP contribution in [-0.2, 0) is 9.59 Å². The molecule has 0 fully saturated rings. The molecular weight excluding hydrogens is 412 g/mol. The van der Waals surface area contributed by atoms with Crippen LogP contribution < -0.4 is 27.2 Å². The minimum Gasteiger partial charge on any atom is -0.355 e. The van der Waals surface area contributed by atoms with Gasteiger partial charge in [0.1, 0.15) is 5.82 Å². The van der Waals surface area contributed by atoms with Crippen molar-refractivity contribution < 1.29 is 9.59 Å². The molecule has 0 unspecified atom stereocenters. The molecular formula is C18H25BrN6O2. The number of rotatable bonds is 8. The van der Waals surface area contributed by atoms with E-state index in [1.54, 1.807) is 19.0 Å². The predicted octanol–water partition coefficient (Wildman–Crippen LogP) is 1.04. The van der Waals surface area contributed by atoms with Crippen molar-refractivity contribution >= 4 is 44.5 Å². The average Bonchev–Trinajstić information content (AvgIpc) is 2.63. The van der Waals surface area contributed by atoms with Crippen LogP contribution >= 0.6 is 15.9 Å². The number of fused-ring (bicyclic) bond motifs is 1. The number of nitrogens with one attached hydrogen (secondary N) is 2. The van der Waals surface area contributed by atoms with Crippen molar-refractivity contribution in [2.45, 2.75) is 31.8 Å². The molecule has 0 spiro atoms. The smallest absolute Gasteiger partial charge is 0.255 e. The highest BCUT2D eigenvalue weighted by molar-refractivity contribution is 9.10. The fourth-order valence-electron chi connectivity index (χ4n) is 2.40. The molecule has 0 aliphatic rings. The number of carbonyl (C=O) groups is 2. The van der Waals surface area contributed by atoms with Gasteiger partial charge in [-0.3, -0.25) is 20.0 Å². The predicted molar refractivity (Wildman–Crippen MR) is 110 cm³/mol. The van der Waals surface area contributed by atoms with Gasteiger partial charge in [-0.05, 0) is 44.0 Å². The Kier molecular flexibility index (Phi) is 7.52. The molecule has 2 aromatic rings. The lowest BCUT2D eigenvalue weighted by atomic mass is 10.1. The monoisotopic (exact) mass is 436 g/mol. The SMILES string of the molecule is C[C@H](N)C(=O)NCCC[C@H](N)C(=O)NN(C)c1ccc2ccc(Br)cc2n1. The summed E-state index contributed by atoms with van der Waals surface area (Å²) in [6.45, 7) is 2.04. The van der Waals surface area contributed by atoms with Crippen molar-refractivity contribution in [1.82, 2.24) is 15.7 Å². The number of pyridine rings is 1. The van der Waals surface area contributed by atoms with Crippen LogP contribution in [0.2, 0.25) is 0 Å². The van der Waals surface area contributed by atoms with Crippen molar-refractivity contribution in [1.29, 1.82) is 0 Å². The quantitative estimate of drug-likeness (QED) is 0.361. The molecule has 8 nitrogen and oxygen atoms in total. The first kappa shape index (κ1) is 21.1. The number of amides is 2. The van der Waals surface area contributed by atoms with Crippen molar-refractivity contribution in [3.05, 3.63) is 34.8 Å². The Bertz CT molecular complexity index is 814. The molecule has 2 amide bonds. The van der Waals surface area contributed by atoms with Gasteiger partial charge in [-0.1, -0.05) is 22.0 Å². The average molecular weight is 437 g/mol. The Hall–Kier alpha value is -2.23. The Morgan fingerprint density at radius 2 is 1.93 bits per heavy atom. The first-order valence-corrected chi connectivity index (χ1v) is 9.46. The number of nitrogens with two attached hydrogens (primary N) is 2. The molecule has 2 atom stereocenters. The van der Waals surface area contributed by atoms with E-state index in [1.807, 2.05) is 30.3 Å². The first-order valence-electron chi connectivity index (χ1n) is 8.67. The van der Waals surface area contributed by atoms with Gasteiger partial charge in [-0.2, -0.15) is 0 Å². The molecule has 146 valence electrons. The fourth-order valence-corrected chi connectivity index (χ4v) is 2.75. The van der Waals surface area contributed by atoms with E-state index in [9.17, 15) is 9.59 Å². The highest BCUT2D eigenvalue weighted by Crippen LogP contribution is 2.20. The summed E-state index contributed by atoms with van der Waals surface area (Å²) < 4.78 is 0.935. The summed E-state index contributed by atoms with van der Waals surface area (Å²) in [4.78, 5) is 28.2. The van der Waals surface area contributed by atoms with E-state index in [-0.39, 0.29) is 11.8 Å². The number of anilines is 1. The molecule has 0 radical (unpaired) electrons. The van der Waals surface area contributed by atoms with E-state index in [2.05, 4.69) is 31.7 Å². The number of benzene rings is 1. The summed E-state index contributed by atoms with van der Waals surface area (Å²) in [7, 11) is 1.71. The van der Waals surface area contributed by atoms with Gasteiger partial charge in [0.05, 0.1) is 17.6 Å². The largest absolute Gasteiger partial charge is 0.355 e. The fraction of sp³-hybridized carbons (Fsp3) is 0.389. The van der Waals surface area contributed by atoms with Gasteiger partial charge < -0.3 is 16.8 Å². The molecule has 2 rings (SSSR count). The molecule has 1 aromatic heterocycles. The second-order valence-corrected chi connectivity index (χ2v) is 7.29. The molecule has 0 bridgehead atoms. The van der Waals surface area contributed by atoms with Gasteiger partial charge in [0.2, 0.25) is 5.91 Å². The first-order chi connectivity index (χ1) is 12.8. The minimum absolute atomic E-state index is 0.221. The van der Waals surface area contributed by atoms with Crippen molar-refractivity contribution in [2.24, 2.45) is 11.5 Å². The third-order valence-corrected chi connectivity index (χ3v) is 4.50. The summed E-state index contributed by atoms with van der Waals surface area (Å²) in [6, 6.07) is 8.36. The minimum atomic E-state index is -0.686. The zero-order chi connectivity index (χ0) is 20.0. The molecule has 6 N–H and O–H groups in total.